The second-order valence-electron chi connectivity index (χ2n) is 2.97. The highest BCUT2D eigenvalue weighted by Crippen LogP contribution is 2.18. The molecule has 2 heteroatoms. The van der Waals surface area contributed by atoms with Gasteiger partial charge in [0.1, 0.15) is 5.75 Å². The predicted molar refractivity (Wildman–Crippen MR) is 54.7 cm³/mol. The molecule has 0 unspecified atom stereocenters. The van der Waals surface area contributed by atoms with Crippen molar-refractivity contribution in [1.29, 1.82) is 5.41 Å². The molecular weight excluding hydrogens is 162 g/mol. The van der Waals surface area contributed by atoms with E-state index in [0.717, 1.165) is 17.7 Å². The number of benzene rings is 1. The Balaban J connectivity index is 2.84. The first-order valence-electron chi connectivity index (χ1n) is 4.53. The summed E-state index contributed by atoms with van der Waals surface area (Å²) in [5.74, 6) is 0.817. The molecule has 1 rings (SSSR count). The van der Waals surface area contributed by atoms with Gasteiger partial charge in [-0.25, -0.2) is 0 Å². The van der Waals surface area contributed by atoms with E-state index in [2.05, 4.69) is 6.92 Å². The van der Waals surface area contributed by atoms with E-state index >= 15 is 0 Å². The highest BCUT2D eigenvalue weighted by Gasteiger charge is 2.03. The van der Waals surface area contributed by atoms with Gasteiger partial charge < -0.3 is 10.1 Å². The molecule has 70 valence electrons. The first-order chi connectivity index (χ1) is 6.25. The lowest BCUT2D eigenvalue weighted by Gasteiger charge is -2.08. The van der Waals surface area contributed by atoms with E-state index in [9.17, 15) is 0 Å². The zero-order valence-corrected chi connectivity index (χ0v) is 8.13. The summed E-state index contributed by atoms with van der Waals surface area (Å²) in [5, 5.41) is 7.53. The number of ether oxygens (including phenoxy) is 1. The number of nitrogens with one attached hydrogen (secondary N) is 1. The molecule has 1 aromatic rings. The van der Waals surface area contributed by atoms with Gasteiger partial charge in [-0.3, -0.25) is 0 Å². The minimum Gasteiger partial charge on any atom is -0.493 e. The van der Waals surface area contributed by atoms with Crippen LogP contribution in [0.3, 0.4) is 0 Å². The van der Waals surface area contributed by atoms with Gasteiger partial charge in [0.2, 0.25) is 0 Å². The minimum absolute atomic E-state index is 0.548. The van der Waals surface area contributed by atoms with E-state index in [0.29, 0.717) is 12.3 Å². The van der Waals surface area contributed by atoms with Crippen LogP contribution < -0.4 is 4.74 Å². The van der Waals surface area contributed by atoms with Gasteiger partial charge in [-0.05, 0) is 25.5 Å². The van der Waals surface area contributed by atoms with Crippen LogP contribution in [0.15, 0.2) is 24.3 Å². The number of hydrogen-bond donors (Lipinski definition) is 1. The van der Waals surface area contributed by atoms with Crippen molar-refractivity contribution in [2.75, 3.05) is 6.61 Å². The maximum atomic E-state index is 7.53. The SMILES string of the molecule is CCCOc1ccccc1C(C)=N. The second-order valence-corrected chi connectivity index (χ2v) is 2.97. The molecule has 0 spiro atoms. The molecule has 0 saturated carbocycles. The summed E-state index contributed by atoms with van der Waals surface area (Å²) in [6.45, 7) is 4.55. The molecule has 0 amide bonds. The third-order valence-corrected chi connectivity index (χ3v) is 1.75. The van der Waals surface area contributed by atoms with Gasteiger partial charge in [0.05, 0.1) is 6.61 Å². The molecule has 0 aliphatic rings. The topological polar surface area (TPSA) is 33.1 Å². The quantitative estimate of drug-likeness (QED) is 0.705. The van der Waals surface area contributed by atoms with Crippen LogP contribution in [0.25, 0.3) is 0 Å². The molecule has 0 aliphatic heterocycles. The molecule has 0 aliphatic carbocycles. The van der Waals surface area contributed by atoms with Crippen molar-refractivity contribution >= 4 is 5.71 Å². The first-order valence-corrected chi connectivity index (χ1v) is 4.53. The van der Waals surface area contributed by atoms with Crippen LogP contribution >= 0.6 is 0 Å². The van der Waals surface area contributed by atoms with Crippen LogP contribution in [0.5, 0.6) is 5.75 Å². The summed E-state index contributed by atoms with van der Waals surface area (Å²) in [5.41, 5.74) is 1.43. The van der Waals surface area contributed by atoms with Gasteiger partial charge in [-0.2, -0.15) is 0 Å². The minimum atomic E-state index is 0.548. The van der Waals surface area contributed by atoms with E-state index in [1.807, 2.05) is 24.3 Å². The molecule has 2 nitrogen and oxygen atoms in total. The van der Waals surface area contributed by atoms with Crippen molar-refractivity contribution in [3.05, 3.63) is 29.8 Å². The van der Waals surface area contributed by atoms with Crippen LogP contribution in [0, 0.1) is 5.41 Å². The molecule has 0 atom stereocenters. The van der Waals surface area contributed by atoms with Crippen molar-refractivity contribution in [3.63, 3.8) is 0 Å². The fourth-order valence-corrected chi connectivity index (χ4v) is 1.11. The van der Waals surface area contributed by atoms with Gasteiger partial charge in [-0.1, -0.05) is 19.1 Å². The van der Waals surface area contributed by atoms with Crippen LogP contribution in [-0.4, -0.2) is 12.3 Å². The predicted octanol–water partition coefficient (Wildman–Crippen LogP) is 2.86. The normalized spacial score (nSPS) is 9.69. The Morgan fingerprint density at radius 1 is 1.38 bits per heavy atom. The summed E-state index contributed by atoms with van der Waals surface area (Å²) < 4.78 is 5.51. The van der Waals surface area contributed by atoms with Gasteiger partial charge in [-0.15, -0.1) is 0 Å². The maximum Gasteiger partial charge on any atom is 0.128 e. The van der Waals surface area contributed by atoms with Gasteiger partial charge in [0.25, 0.3) is 0 Å². The number of hydrogen-bond acceptors (Lipinski definition) is 2. The lowest BCUT2D eigenvalue weighted by Crippen LogP contribution is -2.01. The van der Waals surface area contributed by atoms with Gasteiger partial charge >= 0.3 is 0 Å². The average Bonchev–Trinajstić information content (AvgIpc) is 2.15. The molecule has 0 bridgehead atoms. The lowest BCUT2D eigenvalue weighted by molar-refractivity contribution is 0.317. The van der Waals surface area contributed by atoms with E-state index in [-0.39, 0.29) is 0 Å². The monoisotopic (exact) mass is 177 g/mol. The standard InChI is InChI=1S/C11H15NO/c1-3-8-13-11-7-5-4-6-10(11)9(2)12/h4-7,12H,3,8H2,1-2H3. The molecule has 0 saturated heterocycles. The molecule has 0 fully saturated rings. The maximum absolute atomic E-state index is 7.53. The molecule has 1 N–H and O–H groups in total. The molecular formula is C11H15NO. The number of rotatable bonds is 4. The Hall–Kier alpha value is -1.31. The van der Waals surface area contributed by atoms with Crippen molar-refractivity contribution in [2.24, 2.45) is 0 Å². The zero-order valence-electron chi connectivity index (χ0n) is 8.13. The third-order valence-electron chi connectivity index (χ3n) is 1.75. The van der Waals surface area contributed by atoms with Crippen LogP contribution in [0.2, 0.25) is 0 Å². The summed E-state index contributed by atoms with van der Waals surface area (Å²) in [6, 6.07) is 7.67. The first kappa shape index (κ1) is 9.78. The van der Waals surface area contributed by atoms with Crippen LogP contribution in [0.4, 0.5) is 0 Å². The summed E-state index contributed by atoms with van der Waals surface area (Å²) in [6.07, 6.45) is 0.991. The van der Waals surface area contributed by atoms with Gasteiger partial charge in [0, 0.05) is 11.3 Å². The average molecular weight is 177 g/mol. The Bertz CT molecular complexity index is 294. The summed E-state index contributed by atoms with van der Waals surface area (Å²) in [4.78, 5) is 0. The van der Waals surface area contributed by atoms with E-state index in [4.69, 9.17) is 10.1 Å². The Kier molecular flexibility index (Phi) is 3.50. The van der Waals surface area contributed by atoms with Gasteiger partial charge in [0.15, 0.2) is 0 Å². The summed E-state index contributed by atoms with van der Waals surface area (Å²) >= 11 is 0. The Morgan fingerprint density at radius 3 is 2.69 bits per heavy atom. The highest BCUT2D eigenvalue weighted by atomic mass is 16.5. The second kappa shape index (κ2) is 4.65. The fourth-order valence-electron chi connectivity index (χ4n) is 1.11. The lowest BCUT2D eigenvalue weighted by atomic mass is 10.1. The third kappa shape index (κ3) is 2.58. The molecule has 13 heavy (non-hydrogen) atoms. The molecule has 0 aromatic heterocycles. The summed E-state index contributed by atoms with van der Waals surface area (Å²) in [7, 11) is 0. The van der Waals surface area contributed by atoms with Crippen LogP contribution in [0.1, 0.15) is 25.8 Å². The molecule has 0 radical (unpaired) electrons. The van der Waals surface area contributed by atoms with Crippen molar-refractivity contribution in [1.82, 2.24) is 0 Å². The van der Waals surface area contributed by atoms with Crippen molar-refractivity contribution in [2.45, 2.75) is 20.3 Å². The Morgan fingerprint density at radius 2 is 2.08 bits per heavy atom. The number of para-hydroxylation sites is 1. The Labute approximate surface area is 79.1 Å². The van der Waals surface area contributed by atoms with Crippen molar-refractivity contribution < 1.29 is 4.74 Å². The highest BCUT2D eigenvalue weighted by molar-refractivity contribution is 5.98. The zero-order chi connectivity index (χ0) is 9.68. The van der Waals surface area contributed by atoms with Crippen LogP contribution in [-0.2, 0) is 0 Å². The van der Waals surface area contributed by atoms with E-state index in [1.165, 1.54) is 0 Å². The van der Waals surface area contributed by atoms with E-state index < -0.39 is 0 Å². The largest absolute Gasteiger partial charge is 0.493 e. The molecule has 1 aromatic carbocycles. The fraction of sp³-hybridized carbons (Fsp3) is 0.364. The van der Waals surface area contributed by atoms with E-state index in [1.54, 1.807) is 6.92 Å². The molecule has 0 heterocycles. The smallest absolute Gasteiger partial charge is 0.128 e. The van der Waals surface area contributed by atoms with Crippen molar-refractivity contribution in [3.8, 4) is 5.75 Å².